The van der Waals surface area contributed by atoms with E-state index < -0.39 is 10.0 Å². The molecule has 3 aromatic rings. The average Bonchev–Trinajstić information content (AvgIpc) is 3.08. The van der Waals surface area contributed by atoms with Gasteiger partial charge in [-0.25, -0.2) is 22.1 Å². The van der Waals surface area contributed by atoms with Crippen LogP contribution in [0.5, 0.6) is 0 Å². The molecule has 0 saturated carbocycles. The molecule has 1 saturated heterocycles. The zero-order chi connectivity index (χ0) is 18.1. The molecule has 136 valence electrons. The summed E-state index contributed by atoms with van der Waals surface area (Å²) >= 11 is 0. The van der Waals surface area contributed by atoms with Gasteiger partial charge in [0.2, 0.25) is 10.0 Å². The van der Waals surface area contributed by atoms with E-state index in [2.05, 4.69) is 9.97 Å². The van der Waals surface area contributed by atoms with Crippen LogP contribution in [-0.2, 0) is 15.8 Å². The van der Waals surface area contributed by atoms with Crippen molar-refractivity contribution in [2.75, 3.05) is 13.1 Å². The highest BCUT2D eigenvalue weighted by atomic mass is 32.2. The number of aromatic nitrogens is 2. The van der Waals surface area contributed by atoms with Crippen LogP contribution in [0.1, 0.15) is 30.1 Å². The van der Waals surface area contributed by atoms with Crippen LogP contribution in [0.4, 0.5) is 4.39 Å². The molecule has 1 atom stereocenters. The molecule has 0 spiro atoms. The number of aromatic amines is 1. The van der Waals surface area contributed by atoms with Crippen LogP contribution in [0, 0.1) is 5.82 Å². The van der Waals surface area contributed by atoms with Crippen molar-refractivity contribution >= 4 is 21.1 Å². The fourth-order valence-corrected chi connectivity index (χ4v) is 5.08. The van der Waals surface area contributed by atoms with Gasteiger partial charge in [0, 0.05) is 19.0 Å². The van der Waals surface area contributed by atoms with Crippen LogP contribution >= 0.6 is 0 Å². The topological polar surface area (TPSA) is 66.1 Å². The van der Waals surface area contributed by atoms with Crippen LogP contribution in [0.15, 0.2) is 48.5 Å². The molecule has 1 fully saturated rings. The Hall–Kier alpha value is -2.25. The molecule has 1 unspecified atom stereocenters. The van der Waals surface area contributed by atoms with Gasteiger partial charge in [-0.3, -0.25) is 0 Å². The Morgan fingerprint density at radius 3 is 2.69 bits per heavy atom. The molecule has 2 heterocycles. The number of benzene rings is 2. The molecular formula is C19H20FN3O2S. The highest BCUT2D eigenvalue weighted by Gasteiger charge is 2.31. The van der Waals surface area contributed by atoms with Crippen molar-refractivity contribution in [3.63, 3.8) is 0 Å². The maximum Gasteiger partial charge on any atom is 0.218 e. The van der Waals surface area contributed by atoms with E-state index >= 15 is 0 Å². The number of imidazole rings is 1. The second kappa shape index (κ2) is 6.81. The fourth-order valence-electron chi connectivity index (χ4n) is 3.47. The van der Waals surface area contributed by atoms with Gasteiger partial charge in [-0.1, -0.05) is 24.3 Å². The number of hydrogen-bond donors (Lipinski definition) is 1. The SMILES string of the molecule is O=S(=O)(Cc1ccc(F)cc1)N1CCCC(c2nc3ccccc3[nH]2)C1. The summed E-state index contributed by atoms with van der Waals surface area (Å²) < 4.78 is 40.2. The molecule has 1 aliphatic rings. The Bertz CT molecular complexity index is 982. The van der Waals surface area contributed by atoms with E-state index in [1.54, 1.807) is 0 Å². The minimum absolute atomic E-state index is 0.0548. The van der Waals surface area contributed by atoms with E-state index in [0.29, 0.717) is 18.7 Å². The van der Waals surface area contributed by atoms with E-state index in [9.17, 15) is 12.8 Å². The number of halogens is 1. The van der Waals surface area contributed by atoms with Crippen molar-refractivity contribution in [2.45, 2.75) is 24.5 Å². The van der Waals surface area contributed by atoms with Gasteiger partial charge in [0.15, 0.2) is 0 Å². The average molecular weight is 373 g/mol. The van der Waals surface area contributed by atoms with Gasteiger partial charge < -0.3 is 4.98 Å². The lowest BCUT2D eigenvalue weighted by atomic mass is 9.99. The summed E-state index contributed by atoms with van der Waals surface area (Å²) in [6.07, 6.45) is 1.70. The molecule has 26 heavy (non-hydrogen) atoms. The van der Waals surface area contributed by atoms with E-state index in [-0.39, 0.29) is 17.5 Å². The first kappa shape index (κ1) is 17.2. The lowest BCUT2D eigenvalue weighted by Gasteiger charge is -2.31. The Kier molecular flexibility index (Phi) is 4.50. The molecule has 0 radical (unpaired) electrons. The summed E-state index contributed by atoms with van der Waals surface area (Å²) in [5.41, 5.74) is 2.46. The van der Waals surface area contributed by atoms with Crippen LogP contribution < -0.4 is 0 Å². The third-order valence-electron chi connectivity index (χ3n) is 4.83. The maximum atomic E-state index is 13.0. The minimum atomic E-state index is -3.45. The number of nitrogens with one attached hydrogen (secondary N) is 1. The lowest BCUT2D eigenvalue weighted by Crippen LogP contribution is -2.40. The predicted molar refractivity (Wildman–Crippen MR) is 98.7 cm³/mol. The fraction of sp³-hybridized carbons (Fsp3) is 0.316. The number of piperidine rings is 1. The number of fused-ring (bicyclic) bond motifs is 1. The highest BCUT2D eigenvalue weighted by Crippen LogP contribution is 2.29. The van der Waals surface area contributed by atoms with E-state index in [1.165, 1.54) is 28.6 Å². The Morgan fingerprint density at radius 2 is 1.92 bits per heavy atom. The quantitative estimate of drug-likeness (QED) is 0.762. The summed E-state index contributed by atoms with van der Waals surface area (Å²) in [5.74, 6) is 0.418. The van der Waals surface area contributed by atoms with Gasteiger partial charge in [0.05, 0.1) is 16.8 Å². The molecule has 2 aromatic carbocycles. The minimum Gasteiger partial charge on any atom is -0.342 e. The van der Waals surface area contributed by atoms with Crippen LogP contribution in [0.2, 0.25) is 0 Å². The molecule has 7 heteroatoms. The molecule has 0 bridgehead atoms. The largest absolute Gasteiger partial charge is 0.342 e. The number of H-pyrrole nitrogens is 1. The van der Waals surface area contributed by atoms with Crippen LogP contribution in [-0.4, -0.2) is 35.8 Å². The van der Waals surface area contributed by atoms with Crippen molar-refractivity contribution < 1.29 is 12.8 Å². The van der Waals surface area contributed by atoms with E-state index in [1.807, 2.05) is 24.3 Å². The van der Waals surface area contributed by atoms with Gasteiger partial charge in [-0.05, 0) is 42.7 Å². The van der Waals surface area contributed by atoms with Crippen molar-refractivity contribution in [3.05, 3.63) is 65.7 Å². The van der Waals surface area contributed by atoms with Crippen molar-refractivity contribution in [1.82, 2.24) is 14.3 Å². The second-order valence-corrected chi connectivity index (χ2v) is 8.69. The van der Waals surface area contributed by atoms with E-state index in [4.69, 9.17) is 0 Å². The number of rotatable bonds is 4. The van der Waals surface area contributed by atoms with Crippen LogP contribution in [0.25, 0.3) is 11.0 Å². The first-order chi connectivity index (χ1) is 12.5. The summed E-state index contributed by atoms with van der Waals surface area (Å²) in [6.45, 7) is 0.934. The zero-order valence-corrected chi connectivity index (χ0v) is 15.0. The summed E-state index contributed by atoms with van der Waals surface area (Å²) in [4.78, 5) is 7.95. The zero-order valence-electron chi connectivity index (χ0n) is 14.2. The molecular weight excluding hydrogens is 353 g/mol. The molecule has 5 nitrogen and oxygen atoms in total. The monoisotopic (exact) mass is 373 g/mol. The number of sulfonamides is 1. The molecule has 1 aromatic heterocycles. The smallest absolute Gasteiger partial charge is 0.218 e. The second-order valence-electron chi connectivity index (χ2n) is 6.72. The number of nitrogens with zero attached hydrogens (tertiary/aromatic N) is 2. The third-order valence-corrected chi connectivity index (χ3v) is 6.65. The molecule has 0 aliphatic carbocycles. The molecule has 4 rings (SSSR count). The summed E-state index contributed by atoms with van der Waals surface area (Å²) in [5, 5.41) is 0. The standard InChI is InChI=1S/C19H20FN3O2S/c20-16-9-7-14(8-10-16)13-26(24,25)23-11-3-4-15(12-23)19-21-17-5-1-2-6-18(17)22-19/h1-2,5-10,15H,3-4,11-13H2,(H,21,22). The highest BCUT2D eigenvalue weighted by molar-refractivity contribution is 7.88. The van der Waals surface area contributed by atoms with Crippen molar-refractivity contribution in [3.8, 4) is 0 Å². The van der Waals surface area contributed by atoms with Crippen molar-refractivity contribution in [2.24, 2.45) is 0 Å². The van der Waals surface area contributed by atoms with Gasteiger partial charge in [-0.2, -0.15) is 0 Å². The third kappa shape index (κ3) is 3.50. The maximum absolute atomic E-state index is 13.0. The van der Waals surface area contributed by atoms with Gasteiger partial charge in [0.25, 0.3) is 0 Å². The van der Waals surface area contributed by atoms with Gasteiger partial charge in [-0.15, -0.1) is 0 Å². The first-order valence-electron chi connectivity index (χ1n) is 8.68. The van der Waals surface area contributed by atoms with Gasteiger partial charge >= 0.3 is 0 Å². The normalized spacial score (nSPS) is 19.0. The number of hydrogen-bond acceptors (Lipinski definition) is 3. The summed E-state index contributed by atoms with van der Waals surface area (Å²) in [7, 11) is -3.45. The van der Waals surface area contributed by atoms with E-state index in [0.717, 1.165) is 29.7 Å². The van der Waals surface area contributed by atoms with Gasteiger partial charge in [0.1, 0.15) is 11.6 Å². The molecule has 1 N–H and O–H groups in total. The summed E-state index contributed by atoms with van der Waals surface area (Å²) in [6, 6.07) is 13.4. The molecule has 1 aliphatic heterocycles. The Labute approximate surface area is 151 Å². The molecule has 0 amide bonds. The van der Waals surface area contributed by atoms with Crippen molar-refractivity contribution in [1.29, 1.82) is 0 Å². The Balaban J connectivity index is 1.52. The predicted octanol–water partition coefficient (Wildman–Crippen LogP) is 3.41. The lowest BCUT2D eigenvalue weighted by molar-refractivity contribution is 0.310. The van der Waals surface area contributed by atoms with Crippen LogP contribution in [0.3, 0.4) is 0 Å². The first-order valence-corrected chi connectivity index (χ1v) is 10.3. The number of para-hydroxylation sites is 2. The Morgan fingerprint density at radius 1 is 1.15 bits per heavy atom.